The van der Waals surface area contributed by atoms with Crippen LogP contribution in [0.25, 0.3) is 0 Å². The van der Waals surface area contributed by atoms with E-state index in [2.05, 4.69) is 10.0 Å². The molecule has 0 saturated carbocycles. The Kier molecular flexibility index (Phi) is 4.00. The van der Waals surface area contributed by atoms with E-state index >= 15 is 0 Å². The molecule has 0 amide bonds. The molecule has 1 atom stereocenters. The smallest absolute Gasteiger partial charge is 0.242 e. The van der Waals surface area contributed by atoms with Crippen molar-refractivity contribution in [3.05, 3.63) is 18.0 Å². The predicted octanol–water partition coefficient (Wildman–Crippen LogP) is 0.202. The van der Waals surface area contributed by atoms with Crippen molar-refractivity contribution in [2.75, 3.05) is 20.3 Å². The standard InChI is InChI=1S/C12H21N3O3S/c1-12(4-5-18-9-12)14-19(16,17)11-6-10(7-13-2)15(3)8-11/h6,8,13-14H,4-5,7,9H2,1-3H3. The van der Waals surface area contributed by atoms with Crippen molar-refractivity contribution in [3.8, 4) is 0 Å². The minimum atomic E-state index is -3.50. The zero-order valence-electron chi connectivity index (χ0n) is 11.6. The summed E-state index contributed by atoms with van der Waals surface area (Å²) in [5, 5.41) is 3.01. The lowest BCUT2D eigenvalue weighted by Gasteiger charge is -2.22. The van der Waals surface area contributed by atoms with Crippen molar-refractivity contribution in [2.45, 2.75) is 30.3 Å². The average Bonchev–Trinajstić information content (AvgIpc) is 2.87. The maximum absolute atomic E-state index is 12.4. The summed E-state index contributed by atoms with van der Waals surface area (Å²) in [7, 11) is 0.168. The molecule has 0 aromatic carbocycles. The highest BCUT2D eigenvalue weighted by atomic mass is 32.2. The lowest BCUT2D eigenvalue weighted by atomic mass is 10.0. The zero-order valence-corrected chi connectivity index (χ0v) is 12.4. The molecule has 1 unspecified atom stereocenters. The third kappa shape index (κ3) is 3.17. The van der Waals surface area contributed by atoms with Crippen LogP contribution in [0.15, 0.2) is 17.2 Å². The van der Waals surface area contributed by atoms with Crippen LogP contribution in [0.5, 0.6) is 0 Å². The van der Waals surface area contributed by atoms with Gasteiger partial charge in [0.1, 0.15) is 0 Å². The van der Waals surface area contributed by atoms with E-state index in [9.17, 15) is 8.42 Å². The van der Waals surface area contributed by atoms with E-state index in [4.69, 9.17) is 4.74 Å². The van der Waals surface area contributed by atoms with Crippen molar-refractivity contribution in [1.82, 2.24) is 14.6 Å². The molecule has 7 heteroatoms. The lowest BCUT2D eigenvalue weighted by molar-refractivity contribution is 0.178. The Bertz CT molecular complexity index is 545. The van der Waals surface area contributed by atoms with Gasteiger partial charge in [-0.3, -0.25) is 0 Å². The van der Waals surface area contributed by atoms with Gasteiger partial charge < -0.3 is 14.6 Å². The van der Waals surface area contributed by atoms with Crippen molar-refractivity contribution in [3.63, 3.8) is 0 Å². The number of aryl methyl sites for hydroxylation is 1. The van der Waals surface area contributed by atoms with Gasteiger partial charge in [-0.1, -0.05) is 0 Å². The number of ether oxygens (including phenoxy) is 1. The van der Waals surface area contributed by atoms with Crippen LogP contribution in [0.4, 0.5) is 0 Å². The lowest BCUT2D eigenvalue weighted by Crippen LogP contribution is -2.46. The Morgan fingerprint density at radius 1 is 1.53 bits per heavy atom. The summed E-state index contributed by atoms with van der Waals surface area (Å²) in [6.45, 7) is 3.52. The fourth-order valence-corrected chi connectivity index (χ4v) is 3.73. The second-order valence-electron chi connectivity index (χ2n) is 5.28. The number of hydrogen-bond donors (Lipinski definition) is 2. The van der Waals surface area contributed by atoms with Gasteiger partial charge in [-0.25, -0.2) is 13.1 Å². The van der Waals surface area contributed by atoms with Crippen LogP contribution in [0.1, 0.15) is 19.0 Å². The van der Waals surface area contributed by atoms with Gasteiger partial charge in [0, 0.05) is 32.1 Å². The molecule has 1 aliphatic heterocycles. The Balaban J connectivity index is 2.22. The van der Waals surface area contributed by atoms with E-state index in [1.807, 2.05) is 25.6 Å². The van der Waals surface area contributed by atoms with Gasteiger partial charge in [-0.05, 0) is 26.5 Å². The minimum absolute atomic E-state index is 0.299. The van der Waals surface area contributed by atoms with Gasteiger partial charge in [0.15, 0.2) is 0 Å². The van der Waals surface area contributed by atoms with Crippen molar-refractivity contribution in [1.29, 1.82) is 0 Å². The van der Waals surface area contributed by atoms with Gasteiger partial charge in [-0.2, -0.15) is 0 Å². The van der Waals surface area contributed by atoms with Gasteiger partial charge >= 0.3 is 0 Å². The molecule has 1 aromatic rings. The SMILES string of the molecule is CNCc1cc(S(=O)(=O)NC2(C)CCOC2)cn1C. The summed E-state index contributed by atoms with van der Waals surface area (Å²) in [5.41, 5.74) is 0.424. The third-order valence-electron chi connectivity index (χ3n) is 3.35. The number of hydrogen-bond acceptors (Lipinski definition) is 4. The van der Waals surface area contributed by atoms with Crippen LogP contribution in [-0.4, -0.2) is 38.8 Å². The van der Waals surface area contributed by atoms with E-state index in [0.717, 1.165) is 5.69 Å². The summed E-state index contributed by atoms with van der Waals surface area (Å²) in [4.78, 5) is 0.299. The Morgan fingerprint density at radius 3 is 2.84 bits per heavy atom. The molecule has 6 nitrogen and oxygen atoms in total. The molecule has 1 aromatic heterocycles. The average molecular weight is 287 g/mol. The van der Waals surface area contributed by atoms with Crippen LogP contribution < -0.4 is 10.0 Å². The Labute approximate surface area is 114 Å². The maximum atomic E-state index is 12.4. The van der Waals surface area contributed by atoms with E-state index in [1.165, 1.54) is 0 Å². The van der Waals surface area contributed by atoms with Gasteiger partial charge in [0.05, 0.1) is 17.0 Å². The molecule has 1 saturated heterocycles. The molecule has 2 rings (SSSR count). The Morgan fingerprint density at radius 2 is 2.26 bits per heavy atom. The van der Waals surface area contributed by atoms with Crippen LogP contribution in [0.2, 0.25) is 0 Å². The van der Waals surface area contributed by atoms with E-state index in [-0.39, 0.29) is 0 Å². The first-order chi connectivity index (χ1) is 8.86. The van der Waals surface area contributed by atoms with Crippen LogP contribution in [0.3, 0.4) is 0 Å². The molecule has 0 radical (unpaired) electrons. The van der Waals surface area contributed by atoms with Crippen LogP contribution in [0, 0.1) is 0 Å². The van der Waals surface area contributed by atoms with E-state index in [1.54, 1.807) is 12.3 Å². The summed E-state index contributed by atoms with van der Waals surface area (Å²) >= 11 is 0. The molecular formula is C12H21N3O3S. The maximum Gasteiger partial charge on any atom is 0.242 e. The first kappa shape index (κ1) is 14.5. The van der Waals surface area contributed by atoms with E-state index < -0.39 is 15.6 Å². The number of nitrogens with zero attached hydrogens (tertiary/aromatic N) is 1. The third-order valence-corrected chi connectivity index (χ3v) is 4.96. The molecule has 1 aliphatic rings. The molecule has 2 heterocycles. The molecule has 108 valence electrons. The summed E-state index contributed by atoms with van der Waals surface area (Å²) in [5.74, 6) is 0. The summed E-state index contributed by atoms with van der Waals surface area (Å²) in [6, 6.07) is 1.69. The van der Waals surface area contributed by atoms with Gasteiger partial charge in [-0.15, -0.1) is 0 Å². The second-order valence-corrected chi connectivity index (χ2v) is 6.96. The quantitative estimate of drug-likeness (QED) is 0.811. The highest BCUT2D eigenvalue weighted by Gasteiger charge is 2.35. The molecule has 2 N–H and O–H groups in total. The predicted molar refractivity (Wildman–Crippen MR) is 72.3 cm³/mol. The highest BCUT2D eigenvalue weighted by molar-refractivity contribution is 7.89. The van der Waals surface area contributed by atoms with Crippen molar-refractivity contribution in [2.24, 2.45) is 7.05 Å². The van der Waals surface area contributed by atoms with Crippen molar-refractivity contribution >= 4 is 10.0 Å². The second kappa shape index (κ2) is 5.24. The molecule has 1 fully saturated rings. The first-order valence-corrected chi connectivity index (χ1v) is 7.76. The molecule has 0 bridgehead atoms. The molecule has 19 heavy (non-hydrogen) atoms. The summed E-state index contributed by atoms with van der Waals surface area (Å²) < 4.78 is 34.6. The number of sulfonamides is 1. The highest BCUT2D eigenvalue weighted by Crippen LogP contribution is 2.22. The number of nitrogens with one attached hydrogen (secondary N) is 2. The number of rotatable bonds is 5. The van der Waals surface area contributed by atoms with Crippen LogP contribution >= 0.6 is 0 Å². The van der Waals surface area contributed by atoms with Crippen LogP contribution in [-0.2, 0) is 28.4 Å². The van der Waals surface area contributed by atoms with Gasteiger partial charge in [0.2, 0.25) is 10.0 Å². The first-order valence-electron chi connectivity index (χ1n) is 6.28. The molecular weight excluding hydrogens is 266 g/mol. The fraction of sp³-hybridized carbons (Fsp3) is 0.667. The minimum Gasteiger partial charge on any atom is -0.379 e. The topological polar surface area (TPSA) is 72.4 Å². The normalized spacial score (nSPS) is 23.9. The largest absolute Gasteiger partial charge is 0.379 e. The van der Waals surface area contributed by atoms with Gasteiger partial charge in [0.25, 0.3) is 0 Å². The van der Waals surface area contributed by atoms with Crippen molar-refractivity contribution < 1.29 is 13.2 Å². The molecule has 0 aliphatic carbocycles. The monoisotopic (exact) mass is 287 g/mol. The fourth-order valence-electron chi connectivity index (χ4n) is 2.21. The molecule has 0 spiro atoms. The summed E-state index contributed by atoms with van der Waals surface area (Å²) in [6.07, 6.45) is 2.33. The Hall–Kier alpha value is -0.890. The zero-order chi connectivity index (χ0) is 14.1. The van der Waals surface area contributed by atoms with E-state index in [0.29, 0.717) is 31.1 Å². The number of aromatic nitrogens is 1.